The summed E-state index contributed by atoms with van der Waals surface area (Å²) in [4.78, 5) is 82.9. The highest BCUT2D eigenvalue weighted by molar-refractivity contribution is 6.40. The second-order valence-electron chi connectivity index (χ2n) is 32.4. The van der Waals surface area contributed by atoms with Crippen LogP contribution in [0.15, 0.2) is 72.2 Å². The van der Waals surface area contributed by atoms with Gasteiger partial charge < -0.3 is 53.9 Å². The van der Waals surface area contributed by atoms with Crippen LogP contribution in [0.1, 0.15) is 294 Å². The number of unbranched alkanes of at least 4 members (excludes halogenated alkanes) is 22. The van der Waals surface area contributed by atoms with Crippen LogP contribution in [-0.4, -0.2) is 139 Å². The number of rotatable bonds is 42. The van der Waals surface area contributed by atoms with Crippen LogP contribution >= 0.6 is 23.2 Å². The number of halogens is 2. The van der Waals surface area contributed by atoms with Crippen molar-refractivity contribution in [1.82, 2.24) is 9.80 Å². The van der Waals surface area contributed by atoms with Crippen molar-refractivity contribution in [3.8, 4) is 17.2 Å². The van der Waals surface area contributed by atoms with E-state index in [0.717, 1.165) is 112 Å². The molecule has 8 aliphatic rings. The summed E-state index contributed by atoms with van der Waals surface area (Å²) in [6.45, 7) is 13.3. The summed E-state index contributed by atoms with van der Waals surface area (Å²) in [6.07, 6.45) is 44.4. The third-order valence-electron chi connectivity index (χ3n) is 23.7. The highest BCUT2D eigenvalue weighted by atomic mass is 35.5. The number of phenols is 1. The number of benzene rings is 2. The number of phenolic OH excluding ortho intramolecular Hbond substituents is 1. The molecule has 2 aromatic carbocycles. The molecule has 0 aromatic heterocycles. The van der Waals surface area contributed by atoms with Crippen LogP contribution in [0.4, 0.5) is 0 Å². The standard InChI is InChI=1S/C45H67NO7.C40H57NO8.CH2Cl2/c1-7-8-9-10-11-12-13-14-15-16-17-18-19-20-21-22-35(47)29-34(31-38(48)53-43(3,4)5)42(49)51-36-25-26-45(50)37-30-33-24-23-32(2)40-39(33)44(45,41(36)52-40)27-28-46(37)6;1-3-4-5-6-7-8-9-10-11-12-13-14-15-16-17-18-30(42)25-29(27-34(44)45)38(46)48-32-21-22-40(47)33-26-28-19-20-31(43)36-35(28)39(40,37(32)49-36)23-24-41(33)2;2-1-3/h14-15,23-25,34,37,41,50H,7-13,16-22,26-31H2,1-6H3;10-11,19-21,29,33,37,43,47H,3-9,12-18,22-27H2,1-2H3,(H,44,45);1H2/b15-14+;11-10+;/t34-,37+,41-,44-,45+;29-,33+,37-,39-,40+;/m00./s1. The summed E-state index contributed by atoms with van der Waals surface area (Å²) < 4.78 is 30.7. The van der Waals surface area contributed by atoms with E-state index in [1.54, 1.807) is 39.0 Å². The first-order valence-corrected chi connectivity index (χ1v) is 41.3. The molecular formula is C86H126Cl2N2O15. The number of likely N-dealkylation sites (tertiary alicyclic amines) is 2. The Hall–Kier alpha value is -5.56. The molecular weight excluding hydrogens is 1370 g/mol. The smallest absolute Gasteiger partial charge is 0.315 e. The van der Waals surface area contributed by atoms with Gasteiger partial charge in [0.15, 0.2) is 23.7 Å². The molecule has 10 rings (SSSR count). The van der Waals surface area contributed by atoms with Crippen molar-refractivity contribution in [2.45, 2.75) is 337 Å². The van der Waals surface area contributed by atoms with Crippen LogP contribution in [0.5, 0.6) is 17.2 Å². The molecule has 2 aromatic rings. The van der Waals surface area contributed by atoms with E-state index in [4.69, 9.17) is 46.9 Å². The number of alkyl halides is 2. The fraction of sp³-hybridized carbons (Fsp3) is 0.698. The van der Waals surface area contributed by atoms with Gasteiger partial charge >= 0.3 is 23.9 Å². The number of aliphatic carboxylic acids is 1. The molecule has 2 fully saturated rings. The Balaban J connectivity index is 0.000000257. The fourth-order valence-corrected chi connectivity index (χ4v) is 18.2. The number of carbonyl (C=O) groups is 6. The van der Waals surface area contributed by atoms with Gasteiger partial charge in [-0.15, -0.1) is 23.2 Å². The first-order chi connectivity index (χ1) is 50.3. The Morgan fingerprint density at radius 3 is 1.36 bits per heavy atom. The van der Waals surface area contributed by atoms with Gasteiger partial charge in [0.1, 0.15) is 34.4 Å². The van der Waals surface area contributed by atoms with Gasteiger partial charge in [0.05, 0.1) is 52.0 Å². The van der Waals surface area contributed by atoms with Crippen LogP contribution in [0.2, 0.25) is 0 Å². The number of aliphatic hydroxyl groups is 2. The van der Waals surface area contributed by atoms with Crippen molar-refractivity contribution >= 4 is 58.6 Å². The lowest BCUT2D eigenvalue weighted by molar-refractivity contribution is -0.172. The molecule has 2 saturated heterocycles. The summed E-state index contributed by atoms with van der Waals surface area (Å²) in [5.74, 6) is -3.77. The number of piperidine rings is 2. The van der Waals surface area contributed by atoms with Gasteiger partial charge in [-0.2, -0.15) is 0 Å². The number of allylic oxidation sites excluding steroid dienone is 4. The molecule has 105 heavy (non-hydrogen) atoms. The largest absolute Gasteiger partial charge is 0.504 e. The summed E-state index contributed by atoms with van der Waals surface area (Å²) >= 11 is 9.53. The van der Waals surface area contributed by atoms with E-state index in [1.165, 1.54) is 95.5 Å². The normalized spacial score (nSPS) is 24.9. The molecule has 4 aliphatic carbocycles. The van der Waals surface area contributed by atoms with Crippen molar-refractivity contribution in [1.29, 1.82) is 0 Å². The number of aromatic hydroxyl groups is 1. The lowest BCUT2D eigenvalue weighted by atomic mass is 9.50. The number of hydrogen-bond acceptors (Lipinski definition) is 16. The molecule has 584 valence electrons. The van der Waals surface area contributed by atoms with Crippen LogP contribution in [0.3, 0.4) is 0 Å². The fourth-order valence-electron chi connectivity index (χ4n) is 18.2. The summed E-state index contributed by atoms with van der Waals surface area (Å²) in [6, 6.07) is 7.42. The van der Waals surface area contributed by atoms with Crippen LogP contribution < -0.4 is 9.47 Å². The molecule has 0 unspecified atom stereocenters. The van der Waals surface area contributed by atoms with Crippen molar-refractivity contribution in [3.63, 3.8) is 0 Å². The molecule has 0 saturated carbocycles. The van der Waals surface area contributed by atoms with Gasteiger partial charge in [0, 0.05) is 61.7 Å². The lowest BCUT2D eigenvalue weighted by Gasteiger charge is -2.61. The number of nitrogens with zero attached hydrogens (tertiary/aromatic N) is 2. The Morgan fingerprint density at radius 2 is 0.943 bits per heavy atom. The summed E-state index contributed by atoms with van der Waals surface area (Å²) in [5, 5.41) is 45.3. The molecule has 10 atom stereocenters. The molecule has 19 heteroatoms. The second kappa shape index (κ2) is 40.2. The van der Waals surface area contributed by atoms with E-state index >= 15 is 0 Å². The van der Waals surface area contributed by atoms with Crippen molar-refractivity contribution in [3.05, 3.63) is 100 Å². The number of hydrogen-bond donors (Lipinski definition) is 4. The number of likely N-dealkylation sites (N-methyl/N-ethyl adjacent to an activating group) is 2. The van der Waals surface area contributed by atoms with E-state index in [-0.39, 0.29) is 66.2 Å². The van der Waals surface area contributed by atoms with Crippen molar-refractivity contribution in [2.24, 2.45) is 11.8 Å². The van der Waals surface area contributed by atoms with Crippen LogP contribution in [0, 0.1) is 18.8 Å². The second-order valence-corrected chi connectivity index (χ2v) is 33.2. The summed E-state index contributed by atoms with van der Waals surface area (Å²) in [7, 11) is 4.06. The Labute approximate surface area is 637 Å². The number of aryl methyl sites for hydroxylation is 1. The van der Waals surface area contributed by atoms with E-state index in [1.807, 2.05) is 20.0 Å². The Morgan fingerprint density at radius 1 is 0.562 bits per heavy atom. The number of ether oxygens (including phenoxy) is 5. The van der Waals surface area contributed by atoms with Crippen LogP contribution in [-0.2, 0) is 66.6 Å². The van der Waals surface area contributed by atoms with Gasteiger partial charge in [-0.05, 0) is 180 Å². The maximum atomic E-state index is 14.0. The third-order valence-corrected chi connectivity index (χ3v) is 23.7. The minimum absolute atomic E-state index is 0.0297. The van der Waals surface area contributed by atoms with Gasteiger partial charge in [-0.3, -0.25) is 28.8 Å². The van der Waals surface area contributed by atoms with Crippen molar-refractivity contribution in [2.75, 3.05) is 32.5 Å². The number of carboxylic acid groups (broad SMARTS) is 1. The molecule has 4 heterocycles. The molecule has 4 N–H and O–H groups in total. The predicted molar refractivity (Wildman–Crippen MR) is 413 cm³/mol. The van der Waals surface area contributed by atoms with E-state index in [2.05, 4.69) is 67.1 Å². The molecule has 0 amide bonds. The van der Waals surface area contributed by atoms with Crippen molar-refractivity contribution < 1.29 is 72.9 Å². The van der Waals surface area contributed by atoms with Gasteiger partial charge in [-0.1, -0.05) is 159 Å². The first-order valence-electron chi connectivity index (χ1n) is 40.2. The highest BCUT2D eigenvalue weighted by Crippen LogP contribution is 2.67. The maximum Gasteiger partial charge on any atom is 0.315 e. The SMILES string of the molecule is CCCCCCCC/C=C/CCCCCCCC(=O)C[C@@H](CC(=O)O)C(=O)OC1=CC[C@@]2(O)[C@H]3Cc4ccc(O)c5c4[C@@]2(CCN3C)[C@H]1O5.CCCCCCCC/C=C/CCCCCCCC(=O)C[C@@H](CC(=O)OC(C)(C)C)C(=O)OC1=CC[C@@]2(O)[C@H]3Cc4ccc(C)c5c4[C@@]2(CCN3C)[C@H]1O5.ClCCl. The zero-order chi connectivity index (χ0) is 76.0. The zero-order valence-electron chi connectivity index (χ0n) is 64.7. The minimum atomic E-state index is -1.20. The Bertz CT molecular complexity index is 3370. The average molecular weight is 1500 g/mol. The number of Topliss-reactive ketones (excluding diaryl/α,β-unsaturated/α-hetero) is 2. The molecule has 4 bridgehead atoms. The molecule has 2 spiro atoms. The summed E-state index contributed by atoms with van der Waals surface area (Å²) in [5.41, 5.74) is 0.318. The van der Waals surface area contributed by atoms with E-state index in [0.29, 0.717) is 63.0 Å². The Kier molecular flexibility index (Phi) is 32.6. The maximum absolute atomic E-state index is 14.0. The third kappa shape index (κ3) is 20.9. The molecule has 0 radical (unpaired) electrons. The lowest BCUT2D eigenvalue weighted by Crippen LogP contribution is -2.74. The minimum Gasteiger partial charge on any atom is -0.504 e. The number of carboxylic acids is 1. The van der Waals surface area contributed by atoms with E-state index in [9.17, 15) is 49.2 Å². The topological polar surface area (TPSA) is 236 Å². The van der Waals surface area contributed by atoms with Gasteiger partial charge in [0.2, 0.25) is 0 Å². The predicted octanol–water partition coefficient (Wildman–Crippen LogP) is 17.9. The zero-order valence-corrected chi connectivity index (χ0v) is 66.2. The molecule has 4 aliphatic heterocycles. The van der Waals surface area contributed by atoms with Gasteiger partial charge in [0.25, 0.3) is 0 Å². The average Bonchev–Trinajstić information content (AvgIpc) is 1.58. The van der Waals surface area contributed by atoms with Crippen LogP contribution in [0.25, 0.3) is 0 Å². The highest BCUT2D eigenvalue weighted by Gasteiger charge is 2.73. The monoisotopic (exact) mass is 1500 g/mol. The van der Waals surface area contributed by atoms with E-state index < -0.39 is 82.0 Å². The number of esters is 3. The molecule has 17 nitrogen and oxygen atoms in total. The number of ketones is 2. The first kappa shape index (κ1) is 85.1. The quantitative estimate of drug-likeness (QED) is 0.0159. The van der Waals surface area contributed by atoms with Gasteiger partial charge in [-0.25, -0.2) is 0 Å². The number of carbonyl (C=O) groups excluding carboxylic acids is 5.